The summed E-state index contributed by atoms with van der Waals surface area (Å²) < 4.78 is 5.01. The van der Waals surface area contributed by atoms with Gasteiger partial charge in [-0.05, 0) is 181 Å². The Bertz CT molecular complexity index is 4460. The molecular weight excluding hydrogens is 1060 g/mol. The number of fused-ring (bicyclic) bond motifs is 12. The molecule has 1 unspecified atom stereocenters. The minimum absolute atomic E-state index is 0.279. The molecule has 11 aromatic carbocycles. The fourth-order valence-corrected chi connectivity index (χ4v) is 15.8. The van der Waals surface area contributed by atoms with Gasteiger partial charge >= 0.3 is 0 Å². The Morgan fingerprint density at radius 2 is 0.827 bits per heavy atom. The molecule has 15 rings (SSSR count). The van der Waals surface area contributed by atoms with E-state index in [1.165, 1.54) is 129 Å². The lowest BCUT2D eigenvalue weighted by molar-refractivity contribution is 0.660. The molecule has 0 spiro atoms. The van der Waals surface area contributed by atoms with Crippen LogP contribution in [0.15, 0.2) is 237 Å². The van der Waals surface area contributed by atoms with Gasteiger partial charge in [0.1, 0.15) is 0 Å². The molecule has 0 saturated heterocycles. The molecule has 0 aliphatic heterocycles. The fraction of sp³-hybridized carbons (Fsp3) is 0.0704. The van der Waals surface area contributed by atoms with Gasteiger partial charge in [0.25, 0.3) is 0 Å². The van der Waals surface area contributed by atoms with E-state index in [1.54, 1.807) is 0 Å². The number of rotatable bonds is 7. The average Bonchev–Trinajstić information content (AvgIpc) is 4.15. The summed E-state index contributed by atoms with van der Waals surface area (Å²) in [6, 6.07) is 88.8. The van der Waals surface area contributed by atoms with Crippen LogP contribution in [0.5, 0.6) is 0 Å². The van der Waals surface area contributed by atoms with Gasteiger partial charge in [-0.2, -0.15) is 0 Å². The summed E-state index contributed by atoms with van der Waals surface area (Å²) in [5.74, 6) is 0. The number of halogens is 1. The number of benzene rings is 11. The predicted molar refractivity (Wildman–Crippen MR) is 332 cm³/mol. The lowest BCUT2D eigenvalue weighted by Gasteiger charge is -2.30. The highest BCUT2D eigenvalue weighted by Gasteiger charge is 2.44. The van der Waals surface area contributed by atoms with Crippen molar-refractivity contribution in [2.24, 2.45) is 0 Å². The van der Waals surface area contributed by atoms with Gasteiger partial charge in [0.15, 0.2) is 0 Å². The molecule has 0 bridgehead atoms. The van der Waals surface area contributed by atoms with Gasteiger partial charge in [-0.1, -0.05) is 182 Å². The van der Waals surface area contributed by atoms with Crippen molar-refractivity contribution in [2.45, 2.75) is 29.6 Å². The summed E-state index contributed by atoms with van der Waals surface area (Å²) in [7, 11) is 0. The smallest absolute Gasteiger partial charge is 0.0708 e. The first-order chi connectivity index (χ1) is 36.7. The fourth-order valence-electron chi connectivity index (χ4n) is 12.6. The highest BCUT2D eigenvalue weighted by Crippen LogP contribution is 2.61. The minimum atomic E-state index is -0.304. The molecule has 4 heteroatoms. The second-order valence-electron chi connectivity index (χ2n) is 21.0. The largest absolute Gasteiger partial charge is 0.310 e. The number of thiophene rings is 2. The zero-order valence-electron chi connectivity index (χ0n) is 41.7. The summed E-state index contributed by atoms with van der Waals surface area (Å²) >= 11 is 6.56. The summed E-state index contributed by atoms with van der Waals surface area (Å²) in [6.45, 7) is 7.32. The van der Waals surface area contributed by atoms with Crippen LogP contribution in [0.1, 0.15) is 43.0 Å². The number of anilines is 3. The predicted octanol–water partition coefficient (Wildman–Crippen LogP) is 21.5. The van der Waals surface area contributed by atoms with Crippen molar-refractivity contribution >= 4 is 103 Å². The molecule has 2 aromatic heterocycles. The second kappa shape index (κ2) is 17.0. The molecule has 0 radical (unpaired) electrons. The molecule has 2 aliphatic carbocycles. The molecule has 2 heterocycles. The molecule has 2 aliphatic rings. The van der Waals surface area contributed by atoms with Crippen molar-refractivity contribution in [3.8, 4) is 66.8 Å². The standard InChI is InChI=1S/C71H48INS2/c1-70(2)61-40-50(73(49-30-26-44(27-31-49)43-16-6-4-7-17-43)64-23-13-10-20-51(64)45-18-8-5-9-19-45)32-33-52(61)56-42-63-57(41-62(56)70)60-39-48(46-28-34-67-58(36-46)53-21-11-14-24-65(53)74-67)38-55(69(60)71(63,3)72)47-29-35-68-59(37-47)54-22-12-15-25-66(54)75-68/h4-42H,1-3H3. The first-order valence-electron chi connectivity index (χ1n) is 25.8. The van der Waals surface area contributed by atoms with Gasteiger partial charge in [0.2, 0.25) is 0 Å². The highest BCUT2D eigenvalue weighted by molar-refractivity contribution is 14.1. The van der Waals surface area contributed by atoms with Crippen molar-refractivity contribution in [3.05, 3.63) is 259 Å². The maximum atomic E-state index is 2.79. The molecule has 0 N–H and O–H groups in total. The van der Waals surface area contributed by atoms with Crippen molar-refractivity contribution < 1.29 is 0 Å². The number of para-hydroxylation sites is 1. The molecule has 75 heavy (non-hydrogen) atoms. The van der Waals surface area contributed by atoms with Gasteiger partial charge in [-0.25, -0.2) is 0 Å². The van der Waals surface area contributed by atoms with Crippen molar-refractivity contribution in [1.29, 1.82) is 0 Å². The third kappa shape index (κ3) is 6.99. The quantitative estimate of drug-likeness (QED) is 0.114. The monoisotopic (exact) mass is 1110 g/mol. The third-order valence-corrected chi connectivity index (χ3v) is 19.7. The molecule has 13 aromatic rings. The van der Waals surface area contributed by atoms with E-state index >= 15 is 0 Å². The van der Waals surface area contributed by atoms with Gasteiger partial charge in [0.05, 0.1) is 9.11 Å². The third-order valence-electron chi connectivity index (χ3n) is 16.3. The van der Waals surface area contributed by atoms with E-state index in [-0.39, 0.29) is 8.84 Å². The van der Waals surface area contributed by atoms with E-state index in [4.69, 9.17) is 0 Å². The summed E-state index contributed by atoms with van der Waals surface area (Å²) in [5, 5.41) is 5.30. The molecule has 0 saturated carbocycles. The van der Waals surface area contributed by atoms with Crippen LogP contribution in [0.2, 0.25) is 0 Å². The van der Waals surface area contributed by atoms with E-state index in [0.717, 1.165) is 17.1 Å². The number of hydrogen-bond donors (Lipinski definition) is 0. The summed E-state index contributed by atoms with van der Waals surface area (Å²) in [4.78, 5) is 2.46. The van der Waals surface area contributed by atoms with Crippen molar-refractivity contribution in [2.75, 3.05) is 4.90 Å². The van der Waals surface area contributed by atoms with Gasteiger partial charge < -0.3 is 4.90 Å². The Balaban J connectivity index is 0.899. The normalized spacial score (nSPS) is 15.1. The van der Waals surface area contributed by atoms with E-state index in [9.17, 15) is 0 Å². The number of hydrogen-bond acceptors (Lipinski definition) is 3. The van der Waals surface area contributed by atoms with Gasteiger partial charge in [-0.15, -0.1) is 22.7 Å². The van der Waals surface area contributed by atoms with Crippen molar-refractivity contribution in [3.63, 3.8) is 0 Å². The van der Waals surface area contributed by atoms with E-state index in [2.05, 4.69) is 285 Å². The Morgan fingerprint density at radius 3 is 1.53 bits per heavy atom. The lowest BCUT2D eigenvalue weighted by atomic mass is 9.81. The van der Waals surface area contributed by atoms with Crippen LogP contribution >= 0.6 is 45.3 Å². The Morgan fingerprint density at radius 1 is 0.320 bits per heavy atom. The second-order valence-corrected chi connectivity index (χ2v) is 25.3. The summed E-state index contributed by atoms with van der Waals surface area (Å²) in [5.41, 5.74) is 23.8. The molecular formula is C71H48INS2. The first-order valence-corrected chi connectivity index (χ1v) is 28.5. The Kier molecular flexibility index (Phi) is 10.1. The minimum Gasteiger partial charge on any atom is -0.310 e. The van der Waals surface area contributed by atoms with Crippen LogP contribution in [-0.4, -0.2) is 0 Å². The van der Waals surface area contributed by atoms with Gasteiger partial charge in [-0.3, -0.25) is 0 Å². The number of alkyl halides is 1. The van der Waals surface area contributed by atoms with E-state index in [0.29, 0.717) is 0 Å². The van der Waals surface area contributed by atoms with Crippen molar-refractivity contribution in [1.82, 2.24) is 0 Å². The van der Waals surface area contributed by atoms with Crippen LogP contribution in [0.4, 0.5) is 17.1 Å². The van der Waals surface area contributed by atoms with E-state index < -0.39 is 0 Å². The van der Waals surface area contributed by atoms with Crippen LogP contribution < -0.4 is 4.90 Å². The molecule has 1 atom stereocenters. The van der Waals surface area contributed by atoms with Crippen LogP contribution in [0, 0.1) is 0 Å². The Hall–Kier alpha value is -7.61. The first kappa shape index (κ1) is 44.8. The zero-order valence-corrected chi connectivity index (χ0v) is 45.4. The average molecular weight is 1110 g/mol. The van der Waals surface area contributed by atoms with Crippen LogP contribution in [0.3, 0.4) is 0 Å². The SMILES string of the molecule is CC1(C)c2cc(N(c3ccc(-c4ccccc4)cc3)c3ccccc3-c3ccccc3)ccc2-c2cc3c(cc21)-c1cc(-c2ccc4sc5ccccc5c4c2)cc(-c2ccc4sc5ccccc5c4c2)c1C3(C)I. The number of nitrogens with zero attached hydrogens (tertiary/aromatic N) is 1. The Labute approximate surface area is 459 Å². The van der Waals surface area contributed by atoms with Crippen LogP contribution in [-0.2, 0) is 8.84 Å². The van der Waals surface area contributed by atoms with E-state index in [1.807, 2.05) is 22.7 Å². The van der Waals surface area contributed by atoms with Gasteiger partial charge in [0, 0.05) is 62.7 Å². The zero-order chi connectivity index (χ0) is 50.2. The molecule has 356 valence electrons. The maximum absolute atomic E-state index is 2.79. The maximum Gasteiger partial charge on any atom is 0.0708 e. The topological polar surface area (TPSA) is 3.24 Å². The molecule has 0 amide bonds. The summed E-state index contributed by atoms with van der Waals surface area (Å²) in [6.07, 6.45) is 0. The molecule has 1 nitrogen and oxygen atoms in total. The molecule has 0 fully saturated rings. The van der Waals surface area contributed by atoms with Crippen LogP contribution in [0.25, 0.3) is 107 Å². The highest BCUT2D eigenvalue weighted by atomic mass is 127. The lowest BCUT2D eigenvalue weighted by Crippen LogP contribution is -2.17.